The van der Waals surface area contributed by atoms with Crippen molar-refractivity contribution in [3.8, 4) is 0 Å². The maximum absolute atomic E-state index is 14.1. The molecule has 7 heteroatoms. The van der Waals surface area contributed by atoms with Gasteiger partial charge in [-0.3, -0.25) is 4.84 Å². The van der Waals surface area contributed by atoms with Crippen LogP contribution in [-0.2, 0) is 14.9 Å². The van der Waals surface area contributed by atoms with E-state index in [1.165, 1.54) is 11.1 Å². The molecule has 1 aromatic carbocycles. The fraction of sp³-hybridized carbons (Fsp3) is 0.625. The van der Waals surface area contributed by atoms with Crippen LogP contribution in [0, 0.1) is 5.82 Å². The summed E-state index contributed by atoms with van der Waals surface area (Å²) >= 11 is 0. The maximum atomic E-state index is 14.1. The number of hydrogen-bond donors (Lipinski definition) is 1. The lowest BCUT2D eigenvalue weighted by atomic mass is 9.96. The van der Waals surface area contributed by atoms with E-state index in [1.807, 2.05) is 0 Å². The molecule has 0 amide bonds. The third-order valence-corrected chi connectivity index (χ3v) is 6.60. The maximum Gasteiger partial charge on any atom is 0.219 e. The van der Waals surface area contributed by atoms with Crippen molar-refractivity contribution < 1.29 is 17.6 Å². The second kappa shape index (κ2) is 6.84. The van der Waals surface area contributed by atoms with Gasteiger partial charge in [-0.05, 0) is 18.9 Å². The topological polar surface area (TPSA) is 58.6 Å². The van der Waals surface area contributed by atoms with Crippen molar-refractivity contribution in [1.29, 1.82) is 0 Å². The predicted octanol–water partition coefficient (Wildman–Crippen LogP) is 2.36. The number of nitrogens with zero attached hydrogens (tertiary/aromatic N) is 1. The first-order valence-corrected chi connectivity index (χ1v) is 9.65. The minimum absolute atomic E-state index is 0.0130. The van der Waals surface area contributed by atoms with Crippen molar-refractivity contribution in [3.63, 3.8) is 0 Å². The Morgan fingerprint density at radius 1 is 1.22 bits per heavy atom. The summed E-state index contributed by atoms with van der Waals surface area (Å²) in [7, 11) is -1.94. The van der Waals surface area contributed by atoms with Crippen LogP contribution in [0.15, 0.2) is 24.3 Å². The molecule has 0 unspecified atom stereocenters. The average Bonchev–Trinajstić information content (AvgIpc) is 2.91. The first-order valence-electron chi connectivity index (χ1n) is 8.10. The summed E-state index contributed by atoms with van der Waals surface area (Å²) in [5.74, 6) is -0.410. The minimum atomic E-state index is -3.59. The van der Waals surface area contributed by atoms with Crippen molar-refractivity contribution >= 4 is 10.0 Å². The van der Waals surface area contributed by atoms with Crippen LogP contribution in [-0.4, -0.2) is 38.4 Å². The largest absolute Gasteiger partial charge is 0.297 e. The molecule has 1 aromatic rings. The van der Waals surface area contributed by atoms with Crippen LogP contribution in [0.4, 0.5) is 4.39 Å². The Morgan fingerprint density at radius 2 is 1.91 bits per heavy atom. The third-order valence-electron chi connectivity index (χ3n) is 4.74. The van der Waals surface area contributed by atoms with Gasteiger partial charge in [0.25, 0.3) is 0 Å². The Kier molecular flexibility index (Phi) is 5.01. The molecule has 23 heavy (non-hydrogen) atoms. The summed E-state index contributed by atoms with van der Waals surface area (Å²) in [6.45, 7) is 0.0392. The van der Waals surface area contributed by atoms with E-state index >= 15 is 0 Å². The summed E-state index contributed by atoms with van der Waals surface area (Å²) in [5.41, 5.74) is 0.353. The molecule has 0 radical (unpaired) electrons. The molecule has 1 heterocycles. The normalized spacial score (nSPS) is 27.4. The average molecular weight is 342 g/mol. The number of benzene rings is 1. The molecule has 0 bridgehead atoms. The standard InChI is InChI=1S/C16H23FN2O3S/c1-19-16(13-9-5-6-10-14(13)17)15(11-22-19)23(20,21)18-12-7-3-2-4-8-12/h5-6,9-10,12,15-16,18H,2-4,7-8,11H2,1H3/t15-,16+/m0/s1. The zero-order chi connectivity index (χ0) is 16.4. The molecule has 1 aliphatic carbocycles. The lowest BCUT2D eigenvalue weighted by molar-refractivity contribution is -0.111. The van der Waals surface area contributed by atoms with Gasteiger partial charge < -0.3 is 0 Å². The van der Waals surface area contributed by atoms with Crippen LogP contribution < -0.4 is 4.72 Å². The zero-order valence-corrected chi connectivity index (χ0v) is 14.1. The summed E-state index contributed by atoms with van der Waals surface area (Å²) in [6.07, 6.45) is 4.99. The number of halogens is 1. The van der Waals surface area contributed by atoms with Crippen LogP contribution in [0.25, 0.3) is 0 Å². The van der Waals surface area contributed by atoms with Gasteiger partial charge in [0.05, 0.1) is 12.6 Å². The second-order valence-corrected chi connectivity index (χ2v) is 8.28. The van der Waals surface area contributed by atoms with Gasteiger partial charge in [-0.15, -0.1) is 0 Å². The Bertz CT molecular complexity index is 646. The van der Waals surface area contributed by atoms with Crippen LogP contribution in [0.2, 0.25) is 0 Å². The molecule has 2 aliphatic rings. The quantitative estimate of drug-likeness (QED) is 0.913. The first-order chi connectivity index (χ1) is 11.0. The molecule has 1 aliphatic heterocycles. The Balaban J connectivity index is 1.83. The van der Waals surface area contributed by atoms with E-state index in [0.29, 0.717) is 5.56 Å². The highest BCUT2D eigenvalue weighted by atomic mass is 32.2. The first kappa shape index (κ1) is 16.8. The van der Waals surface area contributed by atoms with Crippen molar-refractivity contribution in [2.24, 2.45) is 0 Å². The lowest BCUT2D eigenvalue weighted by Gasteiger charge is -2.27. The van der Waals surface area contributed by atoms with Gasteiger partial charge in [0.1, 0.15) is 11.1 Å². The van der Waals surface area contributed by atoms with Gasteiger partial charge in [0.15, 0.2) is 0 Å². The molecule has 0 aromatic heterocycles. The van der Waals surface area contributed by atoms with E-state index in [-0.39, 0.29) is 12.6 Å². The molecular formula is C16H23FN2O3S. The van der Waals surface area contributed by atoms with Gasteiger partial charge in [-0.2, -0.15) is 5.06 Å². The van der Waals surface area contributed by atoms with Crippen molar-refractivity contribution in [3.05, 3.63) is 35.6 Å². The van der Waals surface area contributed by atoms with Crippen molar-refractivity contribution in [1.82, 2.24) is 9.79 Å². The van der Waals surface area contributed by atoms with Crippen LogP contribution in [0.3, 0.4) is 0 Å². The number of sulfonamides is 1. The Morgan fingerprint density at radius 3 is 2.61 bits per heavy atom. The molecule has 1 N–H and O–H groups in total. The van der Waals surface area contributed by atoms with Crippen LogP contribution >= 0.6 is 0 Å². The molecule has 5 nitrogen and oxygen atoms in total. The number of hydrogen-bond acceptors (Lipinski definition) is 4. The number of nitrogens with one attached hydrogen (secondary N) is 1. The molecule has 128 valence electrons. The highest BCUT2D eigenvalue weighted by Crippen LogP contribution is 2.35. The molecule has 0 spiro atoms. The summed E-state index contributed by atoms with van der Waals surface area (Å²) < 4.78 is 42.6. The fourth-order valence-corrected chi connectivity index (χ4v) is 5.28. The highest BCUT2D eigenvalue weighted by Gasteiger charge is 2.44. The molecule has 2 atom stereocenters. The van der Waals surface area contributed by atoms with Gasteiger partial charge in [-0.1, -0.05) is 37.5 Å². The summed E-state index contributed by atoms with van der Waals surface area (Å²) in [4.78, 5) is 5.41. The van der Waals surface area contributed by atoms with Crippen molar-refractivity contribution in [2.75, 3.05) is 13.7 Å². The van der Waals surface area contributed by atoms with E-state index in [1.54, 1.807) is 25.2 Å². The number of hydroxylamine groups is 2. The van der Waals surface area contributed by atoms with Gasteiger partial charge in [0, 0.05) is 18.7 Å². The predicted molar refractivity (Wildman–Crippen MR) is 85.6 cm³/mol. The minimum Gasteiger partial charge on any atom is -0.297 e. The summed E-state index contributed by atoms with van der Waals surface area (Å²) in [6, 6.07) is 5.62. The van der Waals surface area contributed by atoms with E-state index in [9.17, 15) is 12.8 Å². The highest BCUT2D eigenvalue weighted by molar-refractivity contribution is 7.90. The smallest absolute Gasteiger partial charge is 0.219 e. The SMILES string of the molecule is CN1OC[C@H](S(=O)(=O)NC2CCCCC2)[C@H]1c1ccccc1F. The second-order valence-electron chi connectivity index (χ2n) is 6.34. The monoisotopic (exact) mass is 342 g/mol. The van der Waals surface area contributed by atoms with E-state index in [4.69, 9.17) is 4.84 Å². The van der Waals surface area contributed by atoms with Crippen LogP contribution in [0.5, 0.6) is 0 Å². The zero-order valence-electron chi connectivity index (χ0n) is 13.2. The molecule has 1 saturated heterocycles. The Labute approximate surface area is 136 Å². The number of rotatable bonds is 4. The summed E-state index contributed by atoms with van der Waals surface area (Å²) in [5, 5.41) is 0.634. The molecule has 1 saturated carbocycles. The fourth-order valence-electron chi connectivity index (χ4n) is 3.51. The van der Waals surface area contributed by atoms with Crippen molar-refractivity contribution in [2.45, 2.75) is 49.4 Å². The van der Waals surface area contributed by atoms with E-state index in [0.717, 1.165) is 32.1 Å². The molecule has 2 fully saturated rings. The van der Waals surface area contributed by atoms with Gasteiger partial charge in [0.2, 0.25) is 10.0 Å². The van der Waals surface area contributed by atoms with E-state index in [2.05, 4.69) is 4.72 Å². The van der Waals surface area contributed by atoms with Gasteiger partial charge >= 0.3 is 0 Å². The van der Waals surface area contributed by atoms with Crippen LogP contribution in [0.1, 0.15) is 43.7 Å². The lowest BCUT2D eigenvalue weighted by Crippen LogP contribution is -2.44. The van der Waals surface area contributed by atoms with E-state index < -0.39 is 27.1 Å². The molecule has 3 rings (SSSR count). The third kappa shape index (κ3) is 3.57. The Hall–Kier alpha value is -1.02. The van der Waals surface area contributed by atoms with Gasteiger partial charge in [-0.25, -0.2) is 17.5 Å². The molecular weight excluding hydrogens is 319 g/mol.